The molecule has 3 nitrogen and oxygen atoms in total. The van der Waals surface area contributed by atoms with Crippen LogP contribution in [-0.2, 0) is 11.2 Å². The highest BCUT2D eigenvalue weighted by Crippen LogP contribution is 2.36. The number of para-hydroxylation sites is 1. The Balaban J connectivity index is 2.33. The number of benzene rings is 1. The molecule has 17 heavy (non-hydrogen) atoms. The molecule has 0 bridgehead atoms. The van der Waals surface area contributed by atoms with Crippen molar-refractivity contribution in [1.82, 2.24) is 0 Å². The number of hydrogen-bond acceptors (Lipinski definition) is 3. The van der Waals surface area contributed by atoms with Crippen molar-refractivity contribution in [1.29, 1.82) is 0 Å². The summed E-state index contributed by atoms with van der Waals surface area (Å²) in [5.74, 6) is 0.925. The fourth-order valence-corrected chi connectivity index (χ4v) is 1.89. The Morgan fingerprint density at radius 3 is 3.00 bits per heavy atom. The zero-order valence-corrected chi connectivity index (χ0v) is 10.2. The van der Waals surface area contributed by atoms with Crippen LogP contribution in [0.1, 0.15) is 25.3 Å². The Morgan fingerprint density at radius 1 is 1.47 bits per heavy atom. The van der Waals surface area contributed by atoms with Gasteiger partial charge in [0.1, 0.15) is 0 Å². The van der Waals surface area contributed by atoms with Crippen LogP contribution in [0.4, 0.5) is 0 Å². The Morgan fingerprint density at radius 2 is 2.29 bits per heavy atom. The van der Waals surface area contributed by atoms with Gasteiger partial charge in [-0.15, -0.1) is 0 Å². The van der Waals surface area contributed by atoms with E-state index in [2.05, 4.69) is 6.92 Å². The van der Waals surface area contributed by atoms with Gasteiger partial charge in [0.15, 0.2) is 11.5 Å². The second kappa shape index (κ2) is 5.04. The van der Waals surface area contributed by atoms with Crippen LogP contribution in [0.15, 0.2) is 29.8 Å². The maximum Gasteiger partial charge on any atom is 0.339 e. The van der Waals surface area contributed by atoms with E-state index in [1.807, 2.05) is 18.2 Å². The van der Waals surface area contributed by atoms with Crippen molar-refractivity contribution in [3.63, 3.8) is 0 Å². The standard InChI is InChI=1S/C14H16O3/c1-3-4-6-11-9-10-7-5-8-12(16-2)13(10)17-14(11)15/h5-8H,3-4,9H2,1-2H3/b11-6+. The number of unbranched alkanes of at least 4 members (excludes halogenated alkanes) is 1. The van der Waals surface area contributed by atoms with Crippen LogP contribution in [0.25, 0.3) is 0 Å². The summed E-state index contributed by atoms with van der Waals surface area (Å²) in [4.78, 5) is 11.8. The van der Waals surface area contributed by atoms with Gasteiger partial charge in [0.2, 0.25) is 0 Å². The largest absolute Gasteiger partial charge is 0.493 e. The quantitative estimate of drug-likeness (QED) is 0.456. The van der Waals surface area contributed by atoms with E-state index in [4.69, 9.17) is 9.47 Å². The number of fused-ring (bicyclic) bond motifs is 1. The van der Waals surface area contributed by atoms with Gasteiger partial charge in [-0.2, -0.15) is 0 Å². The molecule has 1 aliphatic rings. The molecule has 0 aliphatic carbocycles. The predicted molar refractivity (Wildman–Crippen MR) is 65.3 cm³/mol. The Bertz CT molecular complexity index is 461. The average molecular weight is 232 g/mol. The van der Waals surface area contributed by atoms with E-state index in [-0.39, 0.29) is 5.97 Å². The first-order valence-corrected chi connectivity index (χ1v) is 5.83. The van der Waals surface area contributed by atoms with Crippen molar-refractivity contribution in [3.05, 3.63) is 35.4 Å². The summed E-state index contributed by atoms with van der Waals surface area (Å²) in [6.45, 7) is 2.09. The SMILES string of the molecule is CCC/C=C1\Cc2cccc(OC)c2OC1=O. The first-order chi connectivity index (χ1) is 8.26. The van der Waals surface area contributed by atoms with Crippen molar-refractivity contribution in [2.45, 2.75) is 26.2 Å². The predicted octanol–water partition coefficient (Wildman–Crippen LogP) is 2.88. The zero-order valence-electron chi connectivity index (χ0n) is 10.2. The summed E-state index contributed by atoms with van der Waals surface area (Å²) in [5, 5.41) is 0. The van der Waals surface area contributed by atoms with Crippen molar-refractivity contribution in [2.24, 2.45) is 0 Å². The van der Waals surface area contributed by atoms with Crippen LogP contribution in [0.5, 0.6) is 11.5 Å². The minimum Gasteiger partial charge on any atom is -0.493 e. The smallest absolute Gasteiger partial charge is 0.339 e. The lowest BCUT2D eigenvalue weighted by Crippen LogP contribution is -2.20. The van der Waals surface area contributed by atoms with Crippen LogP contribution < -0.4 is 9.47 Å². The number of ether oxygens (including phenoxy) is 2. The molecule has 2 rings (SSSR count). The van der Waals surface area contributed by atoms with Crippen LogP contribution in [0, 0.1) is 0 Å². The number of esters is 1. The fraction of sp³-hybridized carbons (Fsp3) is 0.357. The topological polar surface area (TPSA) is 35.5 Å². The van der Waals surface area contributed by atoms with Gasteiger partial charge in [0, 0.05) is 17.6 Å². The minimum atomic E-state index is -0.254. The van der Waals surface area contributed by atoms with Crippen LogP contribution in [0.2, 0.25) is 0 Å². The lowest BCUT2D eigenvalue weighted by Gasteiger charge is -2.19. The molecule has 0 fully saturated rings. The van der Waals surface area contributed by atoms with Gasteiger partial charge in [-0.25, -0.2) is 4.79 Å². The normalized spacial score (nSPS) is 16.6. The van der Waals surface area contributed by atoms with Gasteiger partial charge in [-0.1, -0.05) is 31.6 Å². The van der Waals surface area contributed by atoms with Crippen LogP contribution in [0.3, 0.4) is 0 Å². The lowest BCUT2D eigenvalue weighted by atomic mass is 10.00. The van der Waals surface area contributed by atoms with E-state index in [9.17, 15) is 4.79 Å². The molecule has 0 saturated carbocycles. The second-order valence-corrected chi connectivity index (χ2v) is 4.03. The molecule has 0 N–H and O–H groups in total. The summed E-state index contributed by atoms with van der Waals surface area (Å²) >= 11 is 0. The Kier molecular flexibility index (Phi) is 3.47. The molecule has 1 aromatic rings. The van der Waals surface area contributed by atoms with E-state index >= 15 is 0 Å². The molecule has 1 aliphatic heterocycles. The number of allylic oxidation sites excluding steroid dienone is 1. The minimum absolute atomic E-state index is 0.254. The highest BCUT2D eigenvalue weighted by atomic mass is 16.6. The van der Waals surface area contributed by atoms with Crippen molar-refractivity contribution in [3.8, 4) is 11.5 Å². The summed E-state index contributed by atoms with van der Waals surface area (Å²) in [6.07, 6.45) is 4.53. The van der Waals surface area contributed by atoms with Crippen molar-refractivity contribution < 1.29 is 14.3 Å². The first kappa shape index (κ1) is 11.7. The van der Waals surface area contributed by atoms with E-state index in [0.29, 0.717) is 17.9 Å². The molecular weight excluding hydrogens is 216 g/mol. The highest BCUT2D eigenvalue weighted by molar-refractivity contribution is 5.93. The number of rotatable bonds is 3. The molecule has 0 aromatic heterocycles. The number of methoxy groups -OCH3 is 1. The fourth-order valence-electron chi connectivity index (χ4n) is 1.89. The molecule has 0 spiro atoms. The summed E-state index contributed by atoms with van der Waals surface area (Å²) in [5.41, 5.74) is 1.75. The summed E-state index contributed by atoms with van der Waals surface area (Å²) in [7, 11) is 1.58. The average Bonchev–Trinajstić information content (AvgIpc) is 2.35. The third-order valence-corrected chi connectivity index (χ3v) is 2.80. The van der Waals surface area contributed by atoms with E-state index < -0.39 is 0 Å². The molecule has 0 radical (unpaired) electrons. The molecule has 1 heterocycles. The van der Waals surface area contributed by atoms with Crippen molar-refractivity contribution >= 4 is 5.97 Å². The summed E-state index contributed by atoms with van der Waals surface area (Å²) in [6, 6.07) is 5.67. The van der Waals surface area contributed by atoms with Gasteiger partial charge in [0.25, 0.3) is 0 Å². The van der Waals surface area contributed by atoms with Crippen LogP contribution in [-0.4, -0.2) is 13.1 Å². The zero-order chi connectivity index (χ0) is 12.3. The second-order valence-electron chi connectivity index (χ2n) is 4.03. The molecular formula is C14H16O3. The van der Waals surface area contributed by atoms with Gasteiger partial charge >= 0.3 is 5.97 Å². The Labute approximate surface area is 101 Å². The molecule has 3 heteroatoms. The third-order valence-electron chi connectivity index (χ3n) is 2.80. The maximum absolute atomic E-state index is 11.8. The molecule has 1 aromatic carbocycles. The molecule has 90 valence electrons. The number of hydrogen-bond donors (Lipinski definition) is 0. The molecule has 0 saturated heterocycles. The summed E-state index contributed by atoms with van der Waals surface area (Å²) < 4.78 is 10.5. The molecule has 0 unspecified atom stereocenters. The van der Waals surface area contributed by atoms with Crippen molar-refractivity contribution in [2.75, 3.05) is 7.11 Å². The third kappa shape index (κ3) is 2.33. The molecule has 0 amide bonds. The molecule has 0 atom stereocenters. The van der Waals surface area contributed by atoms with Gasteiger partial charge < -0.3 is 9.47 Å². The van der Waals surface area contributed by atoms with E-state index in [1.165, 1.54) is 0 Å². The highest BCUT2D eigenvalue weighted by Gasteiger charge is 2.24. The van der Waals surface area contributed by atoms with Crippen LogP contribution >= 0.6 is 0 Å². The number of carbonyl (C=O) groups is 1. The van der Waals surface area contributed by atoms with Gasteiger partial charge in [-0.05, 0) is 12.5 Å². The van der Waals surface area contributed by atoms with Gasteiger partial charge in [0.05, 0.1) is 7.11 Å². The lowest BCUT2D eigenvalue weighted by molar-refractivity contribution is -0.131. The number of carbonyl (C=O) groups excluding carboxylic acids is 1. The Hall–Kier alpha value is -1.77. The van der Waals surface area contributed by atoms with Gasteiger partial charge in [-0.3, -0.25) is 0 Å². The monoisotopic (exact) mass is 232 g/mol. The van der Waals surface area contributed by atoms with E-state index in [1.54, 1.807) is 13.2 Å². The maximum atomic E-state index is 11.8. The first-order valence-electron chi connectivity index (χ1n) is 5.83. The van der Waals surface area contributed by atoms with E-state index in [0.717, 1.165) is 24.0 Å².